The maximum Gasteiger partial charge on any atom is 0.396 e. The van der Waals surface area contributed by atoms with Gasteiger partial charge in [-0.15, -0.1) is 5.10 Å². The largest absolute Gasteiger partial charge is 0.459 e. The molecule has 6 nitrogen and oxygen atoms in total. The summed E-state index contributed by atoms with van der Waals surface area (Å²) in [6.07, 6.45) is 0. The average Bonchev–Trinajstić information content (AvgIpc) is 2.94. The number of ether oxygens (including phenoxy) is 1. The van der Waals surface area contributed by atoms with Gasteiger partial charge in [-0.1, -0.05) is 16.9 Å². The van der Waals surface area contributed by atoms with Crippen molar-refractivity contribution in [1.82, 2.24) is 10.2 Å². The number of nitriles is 1. The van der Waals surface area contributed by atoms with E-state index in [9.17, 15) is 9.18 Å². The molecule has 1 aromatic heterocycles. The molecule has 0 fully saturated rings. The van der Waals surface area contributed by atoms with Crippen LogP contribution in [0.4, 0.5) is 4.39 Å². The van der Waals surface area contributed by atoms with E-state index >= 15 is 0 Å². The molecule has 21 heavy (non-hydrogen) atoms. The lowest BCUT2D eigenvalue weighted by atomic mass is 10.1. The van der Waals surface area contributed by atoms with Crippen molar-refractivity contribution in [3.8, 4) is 6.07 Å². The molecule has 0 saturated heterocycles. The fraction of sp³-hybridized carbons (Fsp3) is 0.231. The number of halogens is 1. The minimum Gasteiger partial charge on any atom is -0.459 e. The molecule has 1 aromatic carbocycles. The van der Waals surface area contributed by atoms with Crippen molar-refractivity contribution < 1.29 is 18.3 Å². The maximum absolute atomic E-state index is 13.3. The first-order chi connectivity index (χ1) is 10.1. The van der Waals surface area contributed by atoms with Crippen molar-refractivity contribution in [2.45, 2.75) is 17.9 Å². The van der Waals surface area contributed by atoms with Gasteiger partial charge in [-0.3, -0.25) is 0 Å². The molecule has 0 aliphatic carbocycles. The molecule has 108 valence electrons. The van der Waals surface area contributed by atoms with Crippen LogP contribution in [0.15, 0.2) is 27.8 Å². The van der Waals surface area contributed by atoms with Gasteiger partial charge >= 0.3 is 11.9 Å². The minimum absolute atomic E-state index is 0.167. The topological polar surface area (TPSA) is 89.0 Å². The van der Waals surface area contributed by atoms with Crippen molar-refractivity contribution in [3.05, 3.63) is 41.0 Å². The number of thioether (sulfide) groups is 1. The lowest BCUT2D eigenvalue weighted by Crippen LogP contribution is -2.04. The maximum atomic E-state index is 13.3. The Labute approximate surface area is 123 Å². The van der Waals surface area contributed by atoms with Crippen LogP contribution in [0, 0.1) is 17.1 Å². The summed E-state index contributed by atoms with van der Waals surface area (Å²) in [6, 6.07) is 5.91. The Morgan fingerprint density at radius 2 is 2.29 bits per heavy atom. The molecule has 0 bridgehead atoms. The predicted octanol–water partition coefficient (Wildman–Crippen LogP) is 2.55. The van der Waals surface area contributed by atoms with Gasteiger partial charge in [0.05, 0.1) is 18.2 Å². The first-order valence-electron chi connectivity index (χ1n) is 5.95. The van der Waals surface area contributed by atoms with E-state index in [-0.39, 0.29) is 23.3 Å². The van der Waals surface area contributed by atoms with E-state index in [1.165, 1.54) is 6.07 Å². The van der Waals surface area contributed by atoms with E-state index in [1.54, 1.807) is 13.0 Å². The number of aromatic nitrogens is 2. The number of nitrogens with zero attached hydrogens (tertiary/aromatic N) is 3. The van der Waals surface area contributed by atoms with Gasteiger partial charge < -0.3 is 9.15 Å². The standard InChI is InChI=1S/C13H10FN3O3S/c1-2-19-12(18)11-16-17-13(20-11)21-7-9-3-8(6-15)4-10(14)5-9/h3-5H,2,7H2,1H3. The summed E-state index contributed by atoms with van der Waals surface area (Å²) in [5.41, 5.74) is 0.843. The minimum atomic E-state index is -0.686. The molecular formula is C13H10FN3O3S. The van der Waals surface area contributed by atoms with Crippen molar-refractivity contribution in [3.63, 3.8) is 0 Å². The van der Waals surface area contributed by atoms with Gasteiger partial charge in [0.25, 0.3) is 5.22 Å². The highest BCUT2D eigenvalue weighted by Gasteiger charge is 2.16. The second-order valence-corrected chi connectivity index (χ2v) is 4.77. The molecule has 0 radical (unpaired) electrons. The zero-order valence-electron chi connectivity index (χ0n) is 11.0. The molecule has 0 N–H and O–H groups in total. The molecule has 2 aromatic rings. The molecule has 0 atom stereocenters. The van der Waals surface area contributed by atoms with Crippen LogP contribution in [-0.4, -0.2) is 22.8 Å². The first kappa shape index (κ1) is 15.0. The molecule has 0 aliphatic heterocycles. The van der Waals surface area contributed by atoms with Gasteiger partial charge in [0.15, 0.2) is 0 Å². The summed E-state index contributed by atoms with van der Waals surface area (Å²) in [6.45, 7) is 1.88. The van der Waals surface area contributed by atoms with Gasteiger partial charge in [0, 0.05) is 5.75 Å². The van der Waals surface area contributed by atoms with Gasteiger partial charge in [-0.2, -0.15) is 5.26 Å². The molecular weight excluding hydrogens is 297 g/mol. The molecule has 1 heterocycles. The van der Waals surface area contributed by atoms with Crippen molar-refractivity contribution in [2.75, 3.05) is 6.61 Å². The summed E-state index contributed by atoms with van der Waals surface area (Å²) in [5.74, 6) is -1.07. The molecule has 0 spiro atoms. The zero-order chi connectivity index (χ0) is 15.2. The molecule has 0 aliphatic rings. The zero-order valence-corrected chi connectivity index (χ0v) is 11.8. The summed E-state index contributed by atoms with van der Waals surface area (Å²) in [7, 11) is 0. The Morgan fingerprint density at radius 1 is 1.48 bits per heavy atom. The van der Waals surface area contributed by atoms with Crippen LogP contribution >= 0.6 is 11.8 Å². The molecule has 0 amide bonds. The lowest BCUT2D eigenvalue weighted by Gasteiger charge is -2.00. The van der Waals surface area contributed by atoms with Crippen LogP contribution in [0.2, 0.25) is 0 Å². The van der Waals surface area contributed by atoms with Crippen molar-refractivity contribution >= 4 is 17.7 Å². The normalized spacial score (nSPS) is 10.1. The first-order valence-corrected chi connectivity index (χ1v) is 6.94. The van der Waals surface area contributed by atoms with E-state index in [0.29, 0.717) is 11.3 Å². The fourth-order valence-corrected chi connectivity index (χ4v) is 2.18. The Bertz CT molecular complexity index is 696. The number of benzene rings is 1. The number of carbonyl (C=O) groups excluding carboxylic acids is 1. The molecule has 2 rings (SSSR count). The predicted molar refractivity (Wildman–Crippen MR) is 70.9 cm³/mol. The van der Waals surface area contributed by atoms with Crippen LogP contribution in [0.3, 0.4) is 0 Å². The van der Waals surface area contributed by atoms with E-state index in [1.807, 2.05) is 6.07 Å². The molecule has 0 unspecified atom stereocenters. The second kappa shape index (κ2) is 6.85. The van der Waals surface area contributed by atoms with Gasteiger partial charge in [-0.25, -0.2) is 9.18 Å². The summed E-state index contributed by atoms with van der Waals surface area (Å²) >= 11 is 1.13. The monoisotopic (exact) mass is 307 g/mol. The van der Waals surface area contributed by atoms with Gasteiger partial charge in [0.1, 0.15) is 5.82 Å². The number of hydrogen-bond acceptors (Lipinski definition) is 7. The SMILES string of the molecule is CCOC(=O)c1nnc(SCc2cc(F)cc(C#N)c2)o1. The van der Waals surface area contributed by atoms with Crippen LogP contribution in [0.25, 0.3) is 0 Å². The Hall–Kier alpha value is -2.40. The highest BCUT2D eigenvalue weighted by Crippen LogP contribution is 2.22. The number of esters is 1. The summed E-state index contributed by atoms with van der Waals surface area (Å²) < 4.78 is 23.1. The highest BCUT2D eigenvalue weighted by molar-refractivity contribution is 7.98. The van der Waals surface area contributed by atoms with Crippen LogP contribution in [0.1, 0.15) is 28.7 Å². The Morgan fingerprint density at radius 3 is 3.00 bits per heavy atom. The van der Waals surface area contributed by atoms with Crippen LogP contribution in [-0.2, 0) is 10.5 Å². The van der Waals surface area contributed by atoms with Gasteiger partial charge in [0.2, 0.25) is 0 Å². The Balaban J connectivity index is 2.02. The van der Waals surface area contributed by atoms with Gasteiger partial charge in [-0.05, 0) is 30.7 Å². The van der Waals surface area contributed by atoms with Crippen LogP contribution in [0.5, 0.6) is 0 Å². The highest BCUT2D eigenvalue weighted by atomic mass is 32.2. The van der Waals surface area contributed by atoms with Crippen molar-refractivity contribution in [2.24, 2.45) is 0 Å². The third kappa shape index (κ3) is 4.03. The number of hydrogen-bond donors (Lipinski definition) is 0. The second-order valence-electron chi connectivity index (χ2n) is 3.84. The molecule has 8 heteroatoms. The van der Waals surface area contributed by atoms with E-state index in [0.717, 1.165) is 17.8 Å². The smallest absolute Gasteiger partial charge is 0.396 e. The third-order valence-electron chi connectivity index (χ3n) is 2.31. The Kier molecular flexibility index (Phi) is 4.90. The fourth-order valence-electron chi connectivity index (χ4n) is 1.49. The van der Waals surface area contributed by atoms with E-state index < -0.39 is 11.8 Å². The summed E-state index contributed by atoms with van der Waals surface area (Å²) in [4.78, 5) is 11.3. The lowest BCUT2D eigenvalue weighted by molar-refractivity contribution is 0.0475. The van der Waals surface area contributed by atoms with Crippen molar-refractivity contribution in [1.29, 1.82) is 5.26 Å². The average molecular weight is 307 g/mol. The summed E-state index contributed by atoms with van der Waals surface area (Å²) in [5, 5.41) is 16.2. The van der Waals surface area contributed by atoms with Crippen LogP contribution < -0.4 is 0 Å². The number of carbonyl (C=O) groups is 1. The van der Waals surface area contributed by atoms with E-state index in [4.69, 9.17) is 14.4 Å². The van der Waals surface area contributed by atoms with E-state index in [2.05, 4.69) is 10.2 Å². The third-order valence-corrected chi connectivity index (χ3v) is 3.20. The molecule has 0 saturated carbocycles. The quantitative estimate of drug-likeness (QED) is 0.619. The number of rotatable bonds is 5.